The molecular formula is C15H33IN4. The second-order valence-electron chi connectivity index (χ2n) is 5.75. The number of rotatable bonds is 10. The van der Waals surface area contributed by atoms with Gasteiger partial charge >= 0.3 is 0 Å². The van der Waals surface area contributed by atoms with Gasteiger partial charge in [0.2, 0.25) is 0 Å². The second kappa shape index (κ2) is 12.7. The van der Waals surface area contributed by atoms with E-state index in [-0.39, 0.29) is 24.0 Å². The molecule has 1 fully saturated rings. The normalized spacial score (nSPS) is 15.1. The van der Waals surface area contributed by atoms with Crippen LogP contribution in [0.4, 0.5) is 0 Å². The topological polar surface area (TPSA) is 39.7 Å². The number of hydrogen-bond donors (Lipinski definition) is 2. The Morgan fingerprint density at radius 2 is 1.75 bits per heavy atom. The monoisotopic (exact) mass is 396 g/mol. The van der Waals surface area contributed by atoms with Gasteiger partial charge in [-0.25, -0.2) is 0 Å². The molecule has 0 spiro atoms. The highest BCUT2D eigenvalue weighted by Gasteiger charge is 2.21. The lowest BCUT2D eigenvalue weighted by Gasteiger charge is -2.10. The average molecular weight is 396 g/mol. The smallest absolute Gasteiger partial charge is 0.191 e. The third-order valence-electron chi connectivity index (χ3n) is 3.30. The molecule has 0 bridgehead atoms. The molecule has 0 heterocycles. The lowest BCUT2D eigenvalue weighted by Crippen LogP contribution is -2.38. The summed E-state index contributed by atoms with van der Waals surface area (Å²) in [6, 6.07) is 0.684. The highest BCUT2D eigenvalue weighted by molar-refractivity contribution is 14.0. The second-order valence-corrected chi connectivity index (χ2v) is 5.75. The molecule has 0 aromatic carbocycles. The molecule has 0 saturated heterocycles. The lowest BCUT2D eigenvalue weighted by molar-refractivity contribution is 0.390. The minimum atomic E-state index is 0. The van der Waals surface area contributed by atoms with E-state index in [1.54, 1.807) is 0 Å². The van der Waals surface area contributed by atoms with Crippen molar-refractivity contribution < 1.29 is 0 Å². The van der Waals surface area contributed by atoms with Gasteiger partial charge in [-0.1, -0.05) is 19.3 Å². The molecule has 0 amide bonds. The molecule has 1 aliphatic rings. The summed E-state index contributed by atoms with van der Waals surface area (Å²) in [7, 11) is 4.29. The van der Waals surface area contributed by atoms with Gasteiger partial charge in [0.1, 0.15) is 0 Å². The number of hydrogen-bond acceptors (Lipinski definition) is 2. The van der Waals surface area contributed by atoms with E-state index in [4.69, 9.17) is 0 Å². The van der Waals surface area contributed by atoms with Crippen LogP contribution in [0.25, 0.3) is 0 Å². The van der Waals surface area contributed by atoms with Gasteiger partial charge in [-0.15, -0.1) is 24.0 Å². The molecule has 4 nitrogen and oxygen atoms in total. The first-order valence-electron chi connectivity index (χ1n) is 7.92. The van der Waals surface area contributed by atoms with Crippen LogP contribution in [0.15, 0.2) is 4.99 Å². The van der Waals surface area contributed by atoms with E-state index < -0.39 is 0 Å². The average Bonchev–Trinajstić information content (AvgIpc) is 3.16. The Labute approximate surface area is 142 Å². The minimum absolute atomic E-state index is 0. The van der Waals surface area contributed by atoms with E-state index in [0.717, 1.165) is 19.0 Å². The number of nitrogens with one attached hydrogen (secondary N) is 2. The summed E-state index contributed by atoms with van der Waals surface area (Å²) in [6.45, 7) is 5.24. The number of aliphatic imine (C=N–C) groups is 1. The van der Waals surface area contributed by atoms with Gasteiger partial charge < -0.3 is 15.5 Å². The van der Waals surface area contributed by atoms with E-state index in [1.807, 2.05) is 0 Å². The SMILES string of the molecule is CCNC(=NCCCCCCCN(C)C)NC1CC1.I. The van der Waals surface area contributed by atoms with Gasteiger partial charge in [-0.2, -0.15) is 0 Å². The summed E-state index contributed by atoms with van der Waals surface area (Å²) in [5.41, 5.74) is 0. The van der Waals surface area contributed by atoms with Crippen LogP contribution in [0, 0.1) is 0 Å². The van der Waals surface area contributed by atoms with Crippen molar-refractivity contribution >= 4 is 29.9 Å². The van der Waals surface area contributed by atoms with E-state index in [9.17, 15) is 0 Å². The van der Waals surface area contributed by atoms with Gasteiger partial charge in [0.05, 0.1) is 0 Å². The van der Waals surface area contributed by atoms with Crippen LogP contribution in [-0.2, 0) is 0 Å². The molecule has 1 aliphatic carbocycles. The Kier molecular flexibility index (Phi) is 12.7. The molecular weight excluding hydrogens is 363 g/mol. The van der Waals surface area contributed by atoms with E-state index in [0.29, 0.717) is 6.04 Å². The fraction of sp³-hybridized carbons (Fsp3) is 0.933. The quantitative estimate of drug-likeness (QED) is 0.258. The first-order valence-corrected chi connectivity index (χ1v) is 7.92. The third-order valence-corrected chi connectivity index (χ3v) is 3.30. The molecule has 1 saturated carbocycles. The Balaban J connectivity index is 0.00000361. The summed E-state index contributed by atoms with van der Waals surface area (Å²) in [5.74, 6) is 1.01. The van der Waals surface area contributed by atoms with Gasteiger partial charge in [0.15, 0.2) is 5.96 Å². The van der Waals surface area contributed by atoms with Crippen molar-refractivity contribution in [2.24, 2.45) is 4.99 Å². The van der Waals surface area contributed by atoms with Gasteiger partial charge in [-0.3, -0.25) is 4.99 Å². The number of unbranched alkanes of at least 4 members (excludes halogenated alkanes) is 4. The molecule has 0 radical (unpaired) electrons. The van der Waals surface area contributed by atoms with Crippen LogP contribution in [0.3, 0.4) is 0 Å². The molecule has 120 valence electrons. The Morgan fingerprint density at radius 1 is 1.10 bits per heavy atom. The molecule has 0 aromatic heterocycles. The predicted octanol–water partition coefficient (Wildman–Crippen LogP) is 2.83. The van der Waals surface area contributed by atoms with Crippen molar-refractivity contribution in [2.45, 2.75) is 57.9 Å². The molecule has 2 N–H and O–H groups in total. The van der Waals surface area contributed by atoms with Crippen LogP contribution in [0.5, 0.6) is 0 Å². The van der Waals surface area contributed by atoms with Crippen molar-refractivity contribution in [3.63, 3.8) is 0 Å². The van der Waals surface area contributed by atoms with Crippen LogP contribution in [-0.4, -0.2) is 50.6 Å². The summed E-state index contributed by atoms with van der Waals surface area (Å²) < 4.78 is 0. The van der Waals surface area contributed by atoms with E-state index >= 15 is 0 Å². The Bertz CT molecular complexity index is 252. The van der Waals surface area contributed by atoms with Crippen LogP contribution in [0.2, 0.25) is 0 Å². The summed E-state index contributed by atoms with van der Waals surface area (Å²) in [5, 5.41) is 6.76. The van der Waals surface area contributed by atoms with E-state index in [1.165, 1.54) is 51.5 Å². The number of guanidine groups is 1. The maximum atomic E-state index is 4.63. The predicted molar refractivity (Wildman–Crippen MR) is 99.2 cm³/mol. The van der Waals surface area contributed by atoms with Gasteiger partial charge in [-0.05, 0) is 53.2 Å². The molecule has 0 aliphatic heterocycles. The van der Waals surface area contributed by atoms with Crippen molar-refractivity contribution in [3.8, 4) is 0 Å². The molecule has 0 unspecified atom stereocenters. The largest absolute Gasteiger partial charge is 0.357 e. The first-order chi connectivity index (χ1) is 9.22. The summed E-state index contributed by atoms with van der Waals surface area (Å²) in [4.78, 5) is 6.89. The Hall–Kier alpha value is -0.0400. The van der Waals surface area contributed by atoms with Crippen molar-refractivity contribution in [2.75, 3.05) is 33.7 Å². The maximum absolute atomic E-state index is 4.63. The molecule has 0 atom stereocenters. The van der Waals surface area contributed by atoms with Crippen molar-refractivity contribution in [3.05, 3.63) is 0 Å². The highest BCUT2D eigenvalue weighted by atomic mass is 127. The zero-order chi connectivity index (χ0) is 13.9. The zero-order valence-electron chi connectivity index (χ0n) is 13.5. The number of nitrogens with zero attached hydrogens (tertiary/aromatic N) is 2. The first kappa shape index (κ1) is 20.0. The maximum Gasteiger partial charge on any atom is 0.191 e. The fourth-order valence-electron chi connectivity index (χ4n) is 2.00. The summed E-state index contributed by atoms with van der Waals surface area (Å²) >= 11 is 0. The fourth-order valence-corrected chi connectivity index (χ4v) is 2.00. The van der Waals surface area contributed by atoms with Crippen molar-refractivity contribution in [1.29, 1.82) is 0 Å². The van der Waals surface area contributed by atoms with Crippen LogP contribution >= 0.6 is 24.0 Å². The van der Waals surface area contributed by atoms with Crippen LogP contribution < -0.4 is 10.6 Å². The highest BCUT2D eigenvalue weighted by Crippen LogP contribution is 2.18. The lowest BCUT2D eigenvalue weighted by atomic mass is 10.1. The minimum Gasteiger partial charge on any atom is -0.357 e. The third kappa shape index (κ3) is 11.8. The van der Waals surface area contributed by atoms with Gasteiger partial charge in [0, 0.05) is 19.1 Å². The molecule has 0 aromatic rings. The number of halogens is 1. The van der Waals surface area contributed by atoms with Gasteiger partial charge in [0.25, 0.3) is 0 Å². The van der Waals surface area contributed by atoms with Crippen LogP contribution in [0.1, 0.15) is 51.9 Å². The molecule has 20 heavy (non-hydrogen) atoms. The zero-order valence-corrected chi connectivity index (χ0v) is 15.8. The molecule has 5 heteroatoms. The molecule has 1 rings (SSSR count). The van der Waals surface area contributed by atoms with E-state index in [2.05, 4.69) is 41.5 Å². The van der Waals surface area contributed by atoms with Crippen molar-refractivity contribution in [1.82, 2.24) is 15.5 Å². The standard InChI is InChI=1S/C15H32N4.HI/c1-4-16-15(18-14-10-11-14)17-12-8-6-5-7-9-13-19(2)3;/h14H,4-13H2,1-3H3,(H2,16,17,18);1H. The summed E-state index contributed by atoms with van der Waals surface area (Å²) in [6.07, 6.45) is 9.13. The Morgan fingerprint density at radius 3 is 2.35 bits per heavy atom.